The molecule has 2 aliphatic heterocycles. The lowest BCUT2D eigenvalue weighted by Crippen LogP contribution is -2.32. The molecule has 2 fully saturated rings. The Balaban J connectivity index is 1.34. The number of carbonyl (C=O) groups excluding carboxylic acids is 2. The van der Waals surface area contributed by atoms with E-state index in [1.807, 2.05) is 21.7 Å². The van der Waals surface area contributed by atoms with E-state index >= 15 is 0 Å². The molecule has 2 amide bonds. The van der Waals surface area contributed by atoms with Crippen LogP contribution in [-0.4, -0.2) is 49.4 Å². The van der Waals surface area contributed by atoms with Crippen LogP contribution in [0.4, 0.5) is 0 Å². The van der Waals surface area contributed by atoms with Crippen molar-refractivity contribution in [2.24, 2.45) is 11.8 Å². The average molecular weight is 307 g/mol. The molecule has 1 aromatic rings. The Kier molecular flexibility index (Phi) is 4.55. The molecule has 0 aliphatic carbocycles. The molecule has 0 unspecified atom stereocenters. The van der Waals surface area contributed by atoms with E-state index in [4.69, 9.17) is 0 Å². The van der Waals surface area contributed by atoms with Crippen LogP contribution < -0.4 is 10.6 Å². The lowest BCUT2D eigenvalue weighted by Gasteiger charge is -2.17. The van der Waals surface area contributed by atoms with Crippen LogP contribution in [-0.2, 0) is 4.79 Å². The highest BCUT2D eigenvalue weighted by atomic mass is 32.1. The van der Waals surface area contributed by atoms with Crippen molar-refractivity contribution in [3.05, 3.63) is 22.4 Å². The molecule has 3 rings (SSSR count). The predicted octanol–water partition coefficient (Wildman–Crippen LogP) is 0.936. The Morgan fingerprint density at radius 3 is 2.76 bits per heavy atom. The van der Waals surface area contributed by atoms with Gasteiger partial charge in [-0.3, -0.25) is 9.59 Å². The lowest BCUT2D eigenvalue weighted by molar-refractivity contribution is -0.130. The van der Waals surface area contributed by atoms with Crippen LogP contribution in [0.1, 0.15) is 23.2 Å². The molecule has 21 heavy (non-hydrogen) atoms. The lowest BCUT2D eigenvalue weighted by atomic mass is 10.0. The average Bonchev–Trinajstić information content (AvgIpc) is 3.17. The smallest absolute Gasteiger partial charge is 0.252 e. The summed E-state index contributed by atoms with van der Waals surface area (Å²) in [4.78, 5) is 25.9. The minimum absolute atomic E-state index is 0.0505. The number of rotatable bonds is 5. The first-order valence-electron chi connectivity index (χ1n) is 7.53. The number of fused-ring (bicyclic) bond motifs is 1. The molecular formula is C15H21N3O2S. The summed E-state index contributed by atoms with van der Waals surface area (Å²) in [6.07, 6.45) is 1.23. The third kappa shape index (κ3) is 3.44. The third-order valence-corrected chi connectivity index (χ3v) is 5.06. The molecule has 0 bridgehead atoms. The molecule has 2 saturated heterocycles. The second-order valence-electron chi connectivity index (χ2n) is 5.85. The Morgan fingerprint density at radius 2 is 2.10 bits per heavy atom. The summed E-state index contributed by atoms with van der Waals surface area (Å²) < 4.78 is 0. The first kappa shape index (κ1) is 14.5. The van der Waals surface area contributed by atoms with Crippen molar-refractivity contribution in [2.75, 3.05) is 32.7 Å². The van der Waals surface area contributed by atoms with Crippen molar-refractivity contribution in [2.45, 2.75) is 12.8 Å². The molecule has 2 aliphatic rings. The number of nitrogens with zero attached hydrogens (tertiary/aromatic N) is 1. The maximum absolute atomic E-state index is 12.1. The number of nitrogens with one attached hydrogen (secondary N) is 2. The van der Waals surface area contributed by atoms with Gasteiger partial charge in [-0.15, -0.1) is 0 Å². The Labute approximate surface area is 128 Å². The molecule has 0 spiro atoms. The van der Waals surface area contributed by atoms with Crippen LogP contribution in [0.25, 0.3) is 0 Å². The van der Waals surface area contributed by atoms with Crippen LogP contribution in [0.3, 0.4) is 0 Å². The number of hydrogen-bond donors (Lipinski definition) is 2. The van der Waals surface area contributed by atoms with E-state index in [0.29, 0.717) is 36.8 Å². The molecule has 3 heterocycles. The van der Waals surface area contributed by atoms with Gasteiger partial charge in [-0.2, -0.15) is 11.3 Å². The van der Waals surface area contributed by atoms with Gasteiger partial charge < -0.3 is 15.5 Å². The van der Waals surface area contributed by atoms with Crippen molar-refractivity contribution in [1.29, 1.82) is 0 Å². The summed E-state index contributed by atoms with van der Waals surface area (Å²) in [5, 5.41) is 9.95. The second-order valence-corrected chi connectivity index (χ2v) is 6.63. The Morgan fingerprint density at radius 1 is 1.33 bits per heavy atom. The van der Waals surface area contributed by atoms with Crippen LogP contribution >= 0.6 is 11.3 Å². The van der Waals surface area contributed by atoms with Gasteiger partial charge in [0, 0.05) is 50.1 Å². The van der Waals surface area contributed by atoms with E-state index in [9.17, 15) is 9.59 Å². The van der Waals surface area contributed by atoms with E-state index in [-0.39, 0.29) is 11.8 Å². The normalized spacial score (nSPS) is 24.1. The van der Waals surface area contributed by atoms with Gasteiger partial charge in [0.05, 0.1) is 0 Å². The standard InChI is InChI=1S/C15H21N3O2S/c19-14(18-8-12-6-16-7-13(12)9-18)2-1-4-17-15(20)11-3-5-21-10-11/h3,5,10,12-13,16H,1-2,4,6-9H2,(H,17,20)/t12-,13+. The first-order valence-corrected chi connectivity index (χ1v) is 8.47. The van der Waals surface area contributed by atoms with Crippen LogP contribution in [0.2, 0.25) is 0 Å². The van der Waals surface area contributed by atoms with Crippen molar-refractivity contribution in [3.63, 3.8) is 0 Å². The fraction of sp³-hybridized carbons (Fsp3) is 0.600. The topological polar surface area (TPSA) is 61.4 Å². The first-order chi connectivity index (χ1) is 10.2. The number of likely N-dealkylation sites (tertiary alicyclic amines) is 1. The quantitative estimate of drug-likeness (QED) is 0.796. The highest BCUT2D eigenvalue weighted by Gasteiger charge is 2.37. The van der Waals surface area contributed by atoms with Gasteiger partial charge in [0.2, 0.25) is 5.91 Å². The highest BCUT2D eigenvalue weighted by molar-refractivity contribution is 7.08. The maximum atomic E-state index is 12.1. The molecule has 2 atom stereocenters. The minimum atomic E-state index is -0.0505. The van der Waals surface area contributed by atoms with Gasteiger partial charge in [0.15, 0.2) is 0 Å². The van der Waals surface area contributed by atoms with Crippen molar-refractivity contribution >= 4 is 23.2 Å². The summed E-state index contributed by atoms with van der Waals surface area (Å²) in [5.74, 6) is 1.47. The molecule has 6 heteroatoms. The van der Waals surface area contributed by atoms with Gasteiger partial charge in [-0.05, 0) is 29.7 Å². The second kappa shape index (κ2) is 6.58. The van der Waals surface area contributed by atoms with Crippen molar-refractivity contribution in [3.8, 4) is 0 Å². The third-order valence-electron chi connectivity index (χ3n) is 4.38. The Hall–Kier alpha value is -1.40. The molecule has 0 aromatic carbocycles. The Bertz CT molecular complexity index is 491. The van der Waals surface area contributed by atoms with Crippen molar-refractivity contribution < 1.29 is 9.59 Å². The van der Waals surface area contributed by atoms with E-state index in [1.165, 1.54) is 11.3 Å². The molecular weight excluding hydrogens is 286 g/mol. The maximum Gasteiger partial charge on any atom is 0.252 e. The number of amides is 2. The summed E-state index contributed by atoms with van der Waals surface area (Å²) >= 11 is 1.51. The van der Waals surface area contributed by atoms with Gasteiger partial charge in [0.25, 0.3) is 5.91 Å². The fourth-order valence-corrected chi connectivity index (χ4v) is 3.79. The zero-order valence-corrected chi connectivity index (χ0v) is 12.8. The van der Waals surface area contributed by atoms with Crippen molar-refractivity contribution in [1.82, 2.24) is 15.5 Å². The molecule has 1 aromatic heterocycles. The molecule has 114 valence electrons. The van der Waals surface area contributed by atoms with Crippen LogP contribution in [0, 0.1) is 11.8 Å². The van der Waals surface area contributed by atoms with Crippen LogP contribution in [0.15, 0.2) is 16.8 Å². The van der Waals surface area contributed by atoms with E-state index in [2.05, 4.69) is 10.6 Å². The molecule has 0 radical (unpaired) electrons. The molecule has 5 nitrogen and oxygen atoms in total. The van der Waals surface area contributed by atoms with Crippen LogP contribution in [0.5, 0.6) is 0 Å². The SMILES string of the molecule is O=C(NCCCC(=O)N1C[C@H]2CNC[C@H]2C1)c1ccsc1. The summed E-state index contributed by atoms with van der Waals surface area (Å²) in [5.41, 5.74) is 0.700. The van der Waals surface area contributed by atoms with Gasteiger partial charge in [-0.25, -0.2) is 0 Å². The largest absolute Gasteiger partial charge is 0.352 e. The summed E-state index contributed by atoms with van der Waals surface area (Å²) in [6.45, 7) is 4.45. The minimum Gasteiger partial charge on any atom is -0.352 e. The van der Waals surface area contributed by atoms with E-state index in [1.54, 1.807) is 0 Å². The predicted molar refractivity (Wildman–Crippen MR) is 82.3 cm³/mol. The highest BCUT2D eigenvalue weighted by Crippen LogP contribution is 2.26. The molecule has 2 N–H and O–H groups in total. The van der Waals surface area contributed by atoms with Gasteiger partial charge >= 0.3 is 0 Å². The van der Waals surface area contributed by atoms with E-state index < -0.39 is 0 Å². The monoisotopic (exact) mass is 307 g/mol. The zero-order valence-electron chi connectivity index (χ0n) is 12.0. The fourth-order valence-electron chi connectivity index (χ4n) is 3.15. The van der Waals surface area contributed by atoms with E-state index in [0.717, 1.165) is 26.2 Å². The molecule has 0 saturated carbocycles. The number of hydrogen-bond acceptors (Lipinski definition) is 4. The van der Waals surface area contributed by atoms with Gasteiger partial charge in [-0.1, -0.05) is 0 Å². The summed E-state index contributed by atoms with van der Waals surface area (Å²) in [6, 6.07) is 1.81. The summed E-state index contributed by atoms with van der Waals surface area (Å²) in [7, 11) is 0. The number of thiophene rings is 1. The zero-order chi connectivity index (χ0) is 14.7. The van der Waals surface area contributed by atoms with Gasteiger partial charge in [0.1, 0.15) is 0 Å². The number of carbonyl (C=O) groups is 2.